The molecule has 2 aromatic carbocycles. The van der Waals surface area contributed by atoms with Crippen LogP contribution in [-0.2, 0) is 13.1 Å². The van der Waals surface area contributed by atoms with E-state index in [1.807, 2.05) is 60.7 Å². The molecule has 0 atom stereocenters. The predicted octanol–water partition coefficient (Wildman–Crippen LogP) is 5.25. The van der Waals surface area contributed by atoms with Crippen molar-refractivity contribution in [3.8, 4) is 28.9 Å². The topological polar surface area (TPSA) is 82.2 Å². The van der Waals surface area contributed by atoms with E-state index in [1.54, 1.807) is 13.3 Å². The molecule has 176 valence electrons. The number of para-hydroxylation sites is 1. The van der Waals surface area contributed by atoms with Crippen molar-refractivity contribution < 1.29 is 23.7 Å². The zero-order valence-corrected chi connectivity index (χ0v) is 19.6. The molecule has 6 rings (SSSR count). The highest BCUT2D eigenvalue weighted by atomic mass is 32.1. The third kappa shape index (κ3) is 4.00. The van der Waals surface area contributed by atoms with E-state index in [1.165, 1.54) is 11.3 Å². The Morgan fingerprint density at radius 1 is 1.11 bits per heavy atom. The van der Waals surface area contributed by atoms with E-state index in [4.69, 9.17) is 18.9 Å². The van der Waals surface area contributed by atoms with Gasteiger partial charge in [0, 0.05) is 18.3 Å². The van der Waals surface area contributed by atoms with Crippen molar-refractivity contribution in [3.05, 3.63) is 82.9 Å². The quantitative estimate of drug-likeness (QED) is 0.411. The van der Waals surface area contributed by atoms with Crippen LogP contribution in [0, 0.1) is 0 Å². The maximum Gasteiger partial charge on any atom is 0.261 e. The number of fused-ring (bicyclic) bond motifs is 3. The number of benzene rings is 2. The number of hydrogen-bond acceptors (Lipinski definition) is 8. The average molecular weight is 488 g/mol. The molecular weight excluding hydrogens is 466 g/mol. The number of anilines is 2. The molecule has 35 heavy (non-hydrogen) atoms. The number of carbonyl (C=O) groups is 1. The van der Waals surface area contributed by atoms with E-state index in [9.17, 15) is 4.79 Å². The lowest BCUT2D eigenvalue weighted by Crippen LogP contribution is -2.21. The molecule has 2 aromatic heterocycles. The van der Waals surface area contributed by atoms with Gasteiger partial charge in [0.1, 0.15) is 5.69 Å². The monoisotopic (exact) mass is 487 g/mol. The molecule has 0 saturated carbocycles. The van der Waals surface area contributed by atoms with Gasteiger partial charge in [-0.3, -0.25) is 4.79 Å². The summed E-state index contributed by atoms with van der Waals surface area (Å²) in [4.78, 5) is 20.1. The minimum atomic E-state index is -0.140. The number of carbonyl (C=O) groups excluding carboxylic acids is 1. The second kappa shape index (κ2) is 8.84. The first-order chi connectivity index (χ1) is 17.2. The van der Waals surface area contributed by atoms with E-state index in [0.717, 1.165) is 27.6 Å². The van der Waals surface area contributed by atoms with Crippen LogP contribution in [0.25, 0.3) is 0 Å². The summed E-state index contributed by atoms with van der Waals surface area (Å²) in [6.45, 7) is 1.16. The molecule has 0 bridgehead atoms. The Morgan fingerprint density at radius 3 is 2.94 bits per heavy atom. The van der Waals surface area contributed by atoms with Crippen molar-refractivity contribution in [2.75, 3.05) is 18.8 Å². The highest BCUT2D eigenvalue weighted by Gasteiger charge is 2.26. The van der Waals surface area contributed by atoms with E-state index >= 15 is 0 Å². The van der Waals surface area contributed by atoms with Gasteiger partial charge in [-0.2, -0.15) is 0 Å². The number of thiophene rings is 1. The molecular formula is C26H21N3O5S. The summed E-state index contributed by atoms with van der Waals surface area (Å²) >= 11 is 1.41. The number of amides is 1. The lowest BCUT2D eigenvalue weighted by atomic mass is 10.1. The molecule has 0 spiro atoms. The highest BCUT2D eigenvalue weighted by Crippen LogP contribution is 2.46. The lowest BCUT2D eigenvalue weighted by Gasteiger charge is -2.21. The SMILES string of the molecule is COc1cccc2c1Oc1ncccc1N(c1ccc(C(=O)NCc3ccc4c(c3)OCO4)s1)C2. The van der Waals surface area contributed by atoms with Crippen LogP contribution in [0.1, 0.15) is 20.8 Å². The van der Waals surface area contributed by atoms with Gasteiger partial charge in [-0.25, -0.2) is 4.98 Å². The Hall–Kier alpha value is -4.24. The summed E-state index contributed by atoms with van der Waals surface area (Å²) < 4.78 is 22.5. The van der Waals surface area contributed by atoms with Gasteiger partial charge in [0.2, 0.25) is 12.7 Å². The second-order valence-corrected chi connectivity index (χ2v) is 9.03. The lowest BCUT2D eigenvalue weighted by molar-refractivity contribution is 0.0955. The third-order valence-corrected chi connectivity index (χ3v) is 6.93. The molecule has 9 heteroatoms. The Labute approximate surface area is 205 Å². The average Bonchev–Trinajstić information content (AvgIpc) is 3.53. The van der Waals surface area contributed by atoms with Crippen LogP contribution in [0.3, 0.4) is 0 Å². The second-order valence-electron chi connectivity index (χ2n) is 7.97. The molecule has 4 heterocycles. The molecule has 2 aliphatic rings. The van der Waals surface area contributed by atoms with Crippen LogP contribution < -0.4 is 29.2 Å². The van der Waals surface area contributed by atoms with Crippen LogP contribution in [0.4, 0.5) is 10.7 Å². The number of nitrogens with zero attached hydrogens (tertiary/aromatic N) is 2. The summed E-state index contributed by atoms with van der Waals surface area (Å²) in [7, 11) is 1.62. The molecule has 0 unspecified atom stereocenters. The van der Waals surface area contributed by atoms with Crippen molar-refractivity contribution in [1.29, 1.82) is 0 Å². The maximum absolute atomic E-state index is 12.9. The molecule has 8 nitrogen and oxygen atoms in total. The fraction of sp³-hybridized carbons (Fsp3) is 0.154. The maximum atomic E-state index is 12.9. The smallest absolute Gasteiger partial charge is 0.261 e. The molecule has 0 radical (unpaired) electrons. The number of methoxy groups -OCH3 is 1. The number of aromatic nitrogens is 1. The summed E-state index contributed by atoms with van der Waals surface area (Å²) in [6.07, 6.45) is 1.70. The molecule has 0 aliphatic carbocycles. The third-order valence-electron chi connectivity index (χ3n) is 5.82. The highest BCUT2D eigenvalue weighted by molar-refractivity contribution is 7.18. The molecule has 0 fully saturated rings. The first-order valence-electron chi connectivity index (χ1n) is 11.0. The van der Waals surface area contributed by atoms with Gasteiger partial charge in [0.25, 0.3) is 5.91 Å². The number of ether oxygens (including phenoxy) is 4. The first-order valence-corrected chi connectivity index (χ1v) is 11.8. The Bertz CT molecular complexity index is 1420. The normalized spacial score (nSPS) is 13.3. The standard InChI is InChI=1S/C26H21N3O5S/c1-31-20-6-2-4-17-14-29(18-5-3-11-27-26(18)34-24(17)20)23-10-9-22(35-23)25(30)28-13-16-7-8-19-21(12-16)33-15-32-19/h2-12H,13-15H2,1H3,(H,28,30). The molecule has 2 aliphatic heterocycles. The first kappa shape index (κ1) is 21.3. The van der Waals surface area contributed by atoms with Crippen LogP contribution in [0.5, 0.6) is 28.9 Å². The van der Waals surface area contributed by atoms with Crippen LogP contribution in [-0.4, -0.2) is 24.8 Å². The van der Waals surface area contributed by atoms with Crippen molar-refractivity contribution in [3.63, 3.8) is 0 Å². The Kier molecular flexibility index (Phi) is 5.38. The fourth-order valence-corrected chi connectivity index (χ4v) is 5.03. The Morgan fingerprint density at radius 2 is 2.03 bits per heavy atom. The summed E-state index contributed by atoms with van der Waals surface area (Å²) in [5, 5.41) is 3.90. The minimum absolute atomic E-state index is 0.140. The summed E-state index contributed by atoms with van der Waals surface area (Å²) in [6, 6.07) is 19.1. The number of rotatable bonds is 5. The number of pyridine rings is 1. The van der Waals surface area contributed by atoms with Crippen molar-refractivity contribution >= 4 is 27.9 Å². The van der Waals surface area contributed by atoms with Gasteiger partial charge in [-0.15, -0.1) is 11.3 Å². The van der Waals surface area contributed by atoms with Gasteiger partial charge < -0.3 is 29.2 Å². The summed E-state index contributed by atoms with van der Waals surface area (Å²) in [5.41, 5.74) is 2.72. The van der Waals surface area contributed by atoms with E-state index in [2.05, 4.69) is 15.2 Å². The molecule has 0 saturated heterocycles. The Balaban J connectivity index is 1.25. The van der Waals surface area contributed by atoms with E-state index < -0.39 is 0 Å². The molecule has 4 aromatic rings. The molecule has 1 N–H and O–H groups in total. The van der Waals surface area contributed by atoms with Crippen LogP contribution in [0.15, 0.2) is 66.9 Å². The van der Waals surface area contributed by atoms with Gasteiger partial charge >= 0.3 is 0 Å². The van der Waals surface area contributed by atoms with Gasteiger partial charge in [0.15, 0.2) is 23.0 Å². The largest absolute Gasteiger partial charge is 0.493 e. The van der Waals surface area contributed by atoms with E-state index in [-0.39, 0.29) is 12.7 Å². The van der Waals surface area contributed by atoms with Gasteiger partial charge in [-0.05, 0) is 48.0 Å². The molecule has 1 amide bonds. The van der Waals surface area contributed by atoms with Crippen LogP contribution in [0.2, 0.25) is 0 Å². The number of nitrogens with one attached hydrogen (secondary N) is 1. The predicted molar refractivity (Wildman–Crippen MR) is 131 cm³/mol. The summed E-state index contributed by atoms with van der Waals surface area (Å²) in [5.74, 6) is 3.06. The van der Waals surface area contributed by atoms with Crippen LogP contribution >= 0.6 is 11.3 Å². The zero-order chi connectivity index (χ0) is 23.8. The van der Waals surface area contributed by atoms with Gasteiger partial charge in [-0.1, -0.05) is 18.2 Å². The van der Waals surface area contributed by atoms with Crippen molar-refractivity contribution in [2.45, 2.75) is 13.1 Å². The van der Waals surface area contributed by atoms with E-state index in [0.29, 0.717) is 41.1 Å². The van der Waals surface area contributed by atoms with Crippen molar-refractivity contribution in [1.82, 2.24) is 10.3 Å². The zero-order valence-electron chi connectivity index (χ0n) is 18.8. The fourth-order valence-electron chi connectivity index (χ4n) is 4.09. The minimum Gasteiger partial charge on any atom is -0.493 e. The number of hydrogen-bond donors (Lipinski definition) is 1. The van der Waals surface area contributed by atoms with Gasteiger partial charge in [0.05, 0.1) is 23.5 Å². The van der Waals surface area contributed by atoms with Crippen molar-refractivity contribution in [2.24, 2.45) is 0 Å².